The molecule has 9 nitrogen and oxygen atoms in total. The highest BCUT2D eigenvalue weighted by atomic mass is 16.6. The number of rotatable bonds is 8. The van der Waals surface area contributed by atoms with E-state index in [1.54, 1.807) is 25.3 Å². The third-order valence-electron chi connectivity index (χ3n) is 6.85. The van der Waals surface area contributed by atoms with E-state index < -0.39 is 11.0 Å². The van der Waals surface area contributed by atoms with Crippen LogP contribution < -0.4 is 20.1 Å². The number of hydrogen-bond donors (Lipinski definition) is 2. The van der Waals surface area contributed by atoms with Crippen molar-refractivity contribution in [1.29, 1.82) is 0 Å². The van der Waals surface area contributed by atoms with Gasteiger partial charge in [0.25, 0.3) is 11.6 Å². The van der Waals surface area contributed by atoms with Gasteiger partial charge in [0.1, 0.15) is 11.5 Å². The maximum absolute atomic E-state index is 13.0. The summed E-state index contributed by atoms with van der Waals surface area (Å²) in [5.74, 6) is 0.560. The van der Waals surface area contributed by atoms with E-state index in [1.165, 1.54) is 24.3 Å². The van der Waals surface area contributed by atoms with Crippen molar-refractivity contribution in [2.24, 2.45) is 0 Å². The number of nitro groups is 1. The van der Waals surface area contributed by atoms with E-state index in [4.69, 9.17) is 9.47 Å². The second-order valence-electron chi connectivity index (χ2n) is 9.09. The van der Waals surface area contributed by atoms with Crippen LogP contribution in [-0.4, -0.2) is 36.6 Å². The van der Waals surface area contributed by atoms with E-state index >= 15 is 0 Å². The van der Waals surface area contributed by atoms with Crippen molar-refractivity contribution in [2.45, 2.75) is 37.1 Å². The van der Waals surface area contributed by atoms with Crippen molar-refractivity contribution in [3.63, 3.8) is 0 Å². The molecule has 37 heavy (non-hydrogen) atoms. The van der Waals surface area contributed by atoms with E-state index in [2.05, 4.69) is 22.8 Å². The van der Waals surface area contributed by atoms with Crippen LogP contribution in [0.25, 0.3) is 0 Å². The van der Waals surface area contributed by atoms with Gasteiger partial charge < -0.3 is 20.1 Å². The first kappa shape index (κ1) is 25.7. The minimum atomic E-state index is -0.601. The van der Waals surface area contributed by atoms with Gasteiger partial charge in [0.2, 0.25) is 0 Å². The Labute approximate surface area is 214 Å². The molecule has 4 rings (SSSR count). The predicted molar refractivity (Wildman–Crippen MR) is 138 cm³/mol. The van der Waals surface area contributed by atoms with Gasteiger partial charge in [0.15, 0.2) is 0 Å². The monoisotopic (exact) mass is 503 g/mol. The van der Waals surface area contributed by atoms with Gasteiger partial charge in [0, 0.05) is 30.1 Å². The summed E-state index contributed by atoms with van der Waals surface area (Å²) in [6, 6.07) is 22.5. The Hall–Kier alpha value is -4.40. The average Bonchev–Trinajstić information content (AvgIpc) is 2.93. The second-order valence-corrected chi connectivity index (χ2v) is 9.09. The van der Waals surface area contributed by atoms with Crippen LogP contribution >= 0.6 is 0 Å². The highest BCUT2D eigenvalue weighted by molar-refractivity contribution is 5.97. The van der Waals surface area contributed by atoms with Gasteiger partial charge in [-0.25, -0.2) is 4.79 Å². The number of non-ortho nitro benzene ring substituents is 1. The molecule has 1 aliphatic rings. The van der Waals surface area contributed by atoms with E-state index in [-0.39, 0.29) is 28.8 Å². The molecule has 9 heteroatoms. The fraction of sp³-hybridized carbons (Fsp3) is 0.286. The number of amides is 2. The van der Waals surface area contributed by atoms with Crippen molar-refractivity contribution in [1.82, 2.24) is 10.6 Å². The molecule has 192 valence electrons. The van der Waals surface area contributed by atoms with Crippen LogP contribution in [0.5, 0.6) is 11.5 Å². The topological polar surface area (TPSA) is 120 Å². The maximum Gasteiger partial charge on any atom is 0.412 e. The smallest absolute Gasteiger partial charge is 0.412 e. The molecular weight excluding hydrogens is 474 g/mol. The Bertz CT molecular complexity index is 1240. The van der Waals surface area contributed by atoms with E-state index in [1.807, 2.05) is 24.3 Å². The minimum absolute atomic E-state index is 0.0740. The summed E-state index contributed by atoms with van der Waals surface area (Å²) in [5, 5.41) is 16.8. The molecule has 0 unspecified atom stereocenters. The van der Waals surface area contributed by atoms with Crippen molar-refractivity contribution >= 4 is 17.7 Å². The summed E-state index contributed by atoms with van der Waals surface area (Å²) in [7, 11) is 1.54. The number of nitrogens with one attached hydrogen (secondary N) is 2. The van der Waals surface area contributed by atoms with Gasteiger partial charge >= 0.3 is 6.09 Å². The second kappa shape index (κ2) is 11.6. The van der Waals surface area contributed by atoms with Gasteiger partial charge in [-0.15, -0.1) is 0 Å². The predicted octanol–water partition coefficient (Wildman–Crippen LogP) is 5.00. The Balaban J connectivity index is 1.39. The molecule has 0 atom stereocenters. The third-order valence-corrected chi connectivity index (χ3v) is 6.85. The van der Waals surface area contributed by atoms with E-state index in [0.717, 1.165) is 18.4 Å². The van der Waals surface area contributed by atoms with Crippen LogP contribution in [0.4, 0.5) is 10.5 Å². The molecule has 0 heterocycles. The molecule has 0 aromatic heterocycles. The molecule has 0 spiro atoms. The molecule has 3 aromatic rings. The van der Waals surface area contributed by atoms with Gasteiger partial charge in [-0.3, -0.25) is 14.9 Å². The van der Waals surface area contributed by atoms with E-state index in [0.29, 0.717) is 30.7 Å². The molecule has 1 fully saturated rings. The Morgan fingerprint density at radius 3 is 2.27 bits per heavy atom. The lowest BCUT2D eigenvalue weighted by Gasteiger charge is -2.41. The average molecular weight is 504 g/mol. The summed E-state index contributed by atoms with van der Waals surface area (Å²) in [5.41, 5.74) is 1.27. The molecule has 2 N–H and O–H groups in total. The van der Waals surface area contributed by atoms with E-state index in [9.17, 15) is 19.7 Å². The summed E-state index contributed by atoms with van der Waals surface area (Å²) >= 11 is 0. The number of nitro benzene ring substituents is 1. The van der Waals surface area contributed by atoms with Crippen molar-refractivity contribution in [3.8, 4) is 11.5 Å². The van der Waals surface area contributed by atoms with Crippen LogP contribution in [0.15, 0.2) is 78.9 Å². The largest absolute Gasteiger partial charge is 0.496 e. The van der Waals surface area contributed by atoms with Crippen molar-refractivity contribution in [3.05, 3.63) is 100 Å². The van der Waals surface area contributed by atoms with Crippen LogP contribution in [0.3, 0.4) is 0 Å². The number of carbonyl (C=O) groups is 2. The lowest BCUT2D eigenvalue weighted by Crippen LogP contribution is -2.48. The Kier molecular flexibility index (Phi) is 8.02. The summed E-state index contributed by atoms with van der Waals surface area (Å²) in [6.07, 6.45) is 2.32. The SMILES string of the molecule is COc1ccccc1C(=O)NC[C@]1(c2ccccc2)CC[C@@H](NC(=O)Oc2ccc([N+](=O)[O-])cc2)CC1. The lowest BCUT2D eigenvalue weighted by atomic mass is 9.68. The molecule has 0 bridgehead atoms. The quantitative estimate of drug-likeness (QED) is 0.330. The molecule has 0 radical (unpaired) electrons. The number of hydrogen-bond acceptors (Lipinski definition) is 6. The maximum atomic E-state index is 13.0. The molecule has 3 aromatic carbocycles. The molecular formula is C28H29N3O6. The standard InChI is InChI=1S/C28H29N3O6/c1-36-25-10-6-5-9-24(25)26(32)29-19-28(20-7-3-2-4-8-20)17-15-21(16-18-28)30-27(33)37-23-13-11-22(12-14-23)31(34)35/h2-14,21H,15-19H2,1H3,(H,29,32)(H,30,33)/t21-,28+. The number of nitrogens with zero attached hydrogens (tertiary/aromatic N) is 1. The van der Waals surface area contributed by atoms with Gasteiger partial charge in [0.05, 0.1) is 17.6 Å². The molecule has 2 amide bonds. The lowest BCUT2D eigenvalue weighted by molar-refractivity contribution is -0.384. The van der Waals surface area contributed by atoms with Gasteiger partial charge in [-0.1, -0.05) is 42.5 Å². The minimum Gasteiger partial charge on any atom is -0.496 e. The summed E-state index contributed by atoms with van der Waals surface area (Å²) < 4.78 is 10.6. The number of para-hydroxylation sites is 1. The number of methoxy groups -OCH3 is 1. The van der Waals surface area contributed by atoms with Crippen LogP contribution in [-0.2, 0) is 5.41 Å². The van der Waals surface area contributed by atoms with Crippen LogP contribution in [0.2, 0.25) is 0 Å². The van der Waals surface area contributed by atoms with Crippen LogP contribution in [0.1, 0.15) is 41.6 Å². The first-order valence-electron chi connectivity index (χ1n) is 12.1. The molecule has 1 aliphatic carbocycles. The van der Waals surface area contributed by atoms with Gasteiger partial charge in [-0.05, 0) is 55.5 Å². The zero-order chi connectivity index (χ0) is 26.3. The number of benzene rings is 3. The fourth-order valence-electron chi connectivity index (χ4n) is 4.79. The highest BCUT2D eigenvalue weighted by Crippen LogP contribution is 2.39. The third kappa shape index (κ3) is 6.24. The number of carbonyl (C=O) groups excluding carboxylic acids is 2. The zero-order valence-corrected chi connectivity index (χ0v) is 20.5. The van der Waals surface area contributed by atoms with Crippen LogP contribution in [0, 0.1) is 10.1 Å². The Morgan fingerprint density at radius 1 is 0.973 bits per heavy atom. The zero-order valence-electron chi connectivity index (χ0n) is 20.5. The van der Waals surface area contributed by atoms with Crippen molar-refractivity contribution in [2.75, 3.05) is 13.7 Å². The Morgan fingerprint density at radius 2 is 1.62 bits per heavy atom. The first-order chi connectivity index (χ1) is 17.9. The van der Waals surface area contributed by atoms with Gasteiger partial charge in [-0.2, -0.15) is 0 Å². The van der Waals surface area contributed by atoms with Crippen molar-refractivity contribution < 1.29 is 24.0 Å². The summed E-state index contributed by atoms with van der Waals surface area (Å²) in [6.45, 7) is 0.452. The molecule has 0 saturated heterocycles. The first-order valence-corrected chi connectivity index (χ1v) is 12.1. The number of ether oxygens (including phenoxy) is 2. The summed E-state index contributed by atoms with van der Waals surface area (Å²) in [4.78, 5) is 35.7. The molecule has 1 saturated carbocycles. The highest BCUT2D eigenvalue weighted by Gasteiger charge is 2.38. The fourth-order valence-corrected chi connectivity index (χ4v) is 4.79. The normalized spacial score (nSPS) is 18.9. The molecule has 0 aliphatic heterocycles.